The zero-order chi connectivity index (χ0) is 15.9. The van der Waals surface area contributed by atoms with Crippen LogP contribution in [-0.2, 0) is 4.79 Å². The molecule has 2 amide bonds. The van der Waals surface area contributed by atoms with Gasteiger partial charge in [-0.25, -0.2) is 0 Å². The van der Waals surface area contributed by atoms with Crippen LogP contribution in [-0.4, -0.2) is 25.4 Å². The van der Waals surface area contributed by atoms with Gasteiger partial charge in [-0.2, -0.15) is 0 Å². The Morgan fingerprint density at radius 1 is 0.955 bits per heavy atom. The van der Waals surface area contributed by atoms with Gasteiger partial charge >= 0.3 is 0 Å². The van der Waals surface area contributed by atoms with Gasteiger partial charge in [-0.05, 0) is 50.4 Å². The Morgan fingerprint density at radius 2 is 1.59 bits per heavy atom. The highest BCUT2D eigenvalue weighted by atomic mass is 16.2. The fraction of sp³-hybridized carbons (Fsp3) is 0.176. The molecular weight excluding hydrogens is 278 g/mol. The van der Waals surface area contributed by atoms with Crippen molar-refractivity contribution in [2.75, 3.05) is 24.2 Å². The van der Waals surface area contributed by atoms with E-state index in [0.29, 0.717) is 16.9 Å². The molecule has 0 radical (unpaired) electrons. The standard InChI is InChI=1S/C17H19N3O2/c1-12-4-3-5-13(10-12)17(22)20-15-8-6-14(7-9-15)19-16(21)11-18-2/h3-10,18H,11H2,1-2H3,(H,19,21)(H,20,22). The average molecular weight is 297 g/mol. The number of hydrogen-bond donors (Lipinski definition) is 3. The van der Waals surface area contributed by atoms with Gasteiger partial charge in [0.25, 0.3) is 5.91 Å². The number of nitrogens with one attached hydrogen (secondary N) is 3. The van der Waals surface area contributed by atoms with Crippen molar-refractivity contribution in [3.63, 3.8) is 0 Å². The van der Waals surface area contributed by atoms with E-state index in [4.69, 9.17) is 0 Å². The van der Waals surface area contributed by atoms with Gasteiger partial charge in [-0.3, -0.25) is 9.59 Å². The third kappa shape index (κ3) is 4.43. The van der Waals surface area contributed by atoms with E-state index in [1.54, 1.807) is 37.4 Å². The van der Waals surface area contributed by atoms with Crippen LogP contribution >= 0.6 is 0 Å². The summed E-state index contributed by atoms with van der Waals surface area (Å²) >= 11 is 0. The predicted molar refractivity (Wildman–Crippen MR) is 88.1 cm³/mol. The first-order valence-electron chi connectivity index (χ1n) is 7.01. The van der Waals surface area contributed by atoms with Crippen molar-refractivity contribution in [2.24, 2.45) is 0 Å². The first-order valence-corrected chi connectivity index (χ1v) is 7.01. The third-order valence-corrected chi connectivity index (χ3v) is 3.04. The van der Waals surface area contributed by atoms with E-state index in [-0.39, 0.29) is 18.4 Å². The van der Waals surface area contributed by atoms with E-state index in [2.05, 4.69) is 16.0 Å². The van der Waals surface area contributed by atoms with Crippen molar-refractivity contribution in [3.8, 4) is 0 Å². The highest BCUT2D eigenvalue weighted by Crippen LogP contribution is 2.15. The Morgan fingerprint density at radius 3 is 2.18 bits per heavy atom. The Labute approximate surface area is 129 Å². The lowest BCUT2D eigenvalue weighted by Gasteiger charge is -2.08. The SMILES string of the molecule is CNCC(=O)Nc1ccc(NC(=O)c2cccc(C)c2)cc1. The van der Waals surface area contributed by atoms with E-state index in [0.717, 1.165) is 5.56 Å². The molecule has 2 aromatic carbocycles. The molecule has 0 spiro atoms. The number of carbonyl (C=O) groups excluding carboxylic acids is 2. The van der Waals surface area contributed by atoms with Gasteiger partial charge in [-0.15, -0.1) is 0 Å². The first-order chi connectivity index (χ1) is 10.6. The zero-order valence-electron chi connectivity index (χ0n) is 12.6. The number of likely N-dealkylation sites (N-methyl/N-ethyl adjacent to an activating group) is 1. The van der Waals surface area contributed by atoms with Gasteiger partial charge in [0.2, 0.25) is 5.91 Å². The lowest BCUT2D eigenvalue weighted by atomic mass is 10.1. The number of rotatable bonds is 5. The summed E-state index contributed by atoms with van der Waals surface area (Å²) in [5, 5.41) is 8.35. The van der Waals surface area contributed by atoms with Gasteiger partial charge in [0.15, 0.2) is 0 Å². The van der Waals surface area contributed by atoms with E-state index < -0.39 is 0 Å². The number of anilines is 2. The molecule has 0 bridgehead atoms. The number of aryl methyl sites for hydroxylation is 1. The maximum absolute atomic E-state index is 12.1. The second kappa shape index (κ2) is 7.38. The molecule has 0 saturated carbocycles. The van der Waals surface area contributed by atoms with Crippen LogP contribution in [0.2, 0.25) is 0 Å². The van der Waals surface area contributed by atoms with Crippen molar-refractivity contribution >= 4 is 23.2 Å². The summed E-state index contributed by atoms with van der Waals surface area (Å²) in [4.78, 5) is 23.6. The molecule has 0 heterocycles. The van der Waals surface area contributed by atoms with E-state index in [9.17, 15) is 9.59 Å². The molecule has 0 saturated heterocycles. The maximum Gasteiger partial charge on any atom is 0.255 e. The van der Waals surface area contributed by atoms with Gasteiger partial charge in [-0.1, -0.05) is 17.7 Å². The Balaban J connectivity index is 1.99. The molecule has 2 rings (SSSR count). The number of hydrogen-bond acceptors (Lipinski definition) is 3. The van der Waals surface area contributed by atoms with E-state index in [1.807, 2.05) is 25.1 Å². The summed E-state index contributed by atoms with van der Waals surface area (Å²) < 4.78 is 0. The number of carbonyl (C=O) groups is 2. The minimum Gasteiger partial charge on any atom is -0.325 e. The molecule has 0 fully saturated rings. The van der Waals surface area contributed by atoms with Crippen LogP contribution in [0.1, 0.15) is 15.9 Å². The van der Waals surface area contributed by atoms with Crippen molar-refractivity contribution in [3.05, 3.63) is 59.7 Å². The Bertz CT molecular complexity index is 666. The molecular formula is C17H19N3O2. The smallest absolute Gasteiger partial charge is 0.255 e. The van der Waals surface area contributed by atoms with Crippen LogP contribution < -0.4 is 16.0 Å². The molecule has 3 N–H and O–H groups in total. The molecule has 0 aromatic heterocycles. The summed E-state index contributed by atoms with van der Waals surface area (Å²) in [6, 6.07) is 14.4. The third-order valence-electron chi connectivity index (χ3n) is 3.04. The van der Waals surface area contributed by atoms with Crippen molar-refractivity contribution in [2.45, 2.75) is 6.92 Å². The fourth-order valence-corrected chi connectivity index (χ4v) is 1.99. The van der Waals surface area contributed by atoms with Gasteiger partial charge < -0.3 is 16.0 Å². The van der Waals surface area contributed by atoms with E-state index >= 15 is 0 Å². The molecule has 22 heavy (non-hydrogen) atoms. The van der Waals surface area contributed by atoms with Gasteiger partial charge in [0.1, 0.15) is 0 Å². The summed E-state index contributed by atoms with van der Waals surface area (Å²) in [5.41, 5.74) is 3.02. The van der Waals surface area contributed by atoms with Gasteiger partial charge in [0.05, 0.1) is 6.54 Å². The van der Waals surface area contributed by atoms with Crippen LogP contribution in [0, 0.1) is 6.92 Å². The van der Waals surface area contributed by atoms with Crippen molar-refractivity contribution < 1.29 is 9.59 Å². The minimum absolute atomic E-state index is 0.112. The van der Waals surface area contributed by atoms with Crippen LogP contribution in [0.5, 0.6) is 0 Å². The lowest BCUT2D eigenvalue weighted by molar-refractivity contribution is -0.115. The molecule has 0 unspecified atom stereocenters. The molecule has 5 nitrogen and oxygen atoms in total. The fourth-order valence-electron chi connectivity index (χ4n) is 1.99. The zero-order valence-corrected chi connectivity index (χ0v) is 12.6. The molecule has 2 aromatic rings. The Kier molecular flexibility index (Phi) is 5.27. The summed E-state index contributed by atoms with van der Waals surface area (Å²) in [7, 11) is 1.71. The highest BCUT2D eigenvalue weighted by molar-refractivity contribution is 6.04. The van der Waals surface area contributed by atoms with Crippen LogP contribution in [0.15, 0.2) is 48.5 Å². The molecule has 0 aliphatic heterocycles. The average Bonchev–Trinajstić information content (AvgIpc) is 2.49. The van der Waals surface area contributed by atoms with Crippen molar-refractivity contribution in [1.29, 1.82) is 0 Å². The normalized spacial score (nSPS) is 10.1. The summed E-state index contributed by atoms with van der Waals surface area (Å²) in [5.74, 6) is -0.269. The van der Waals surface area contributed by atoms with Gasteiger partial charge in [0, 0.05) is 16.9 Å². The monoisotopic (exact) mass is 297 g/mol. The quantitative estimate of drug-likeness (QED) is 0.793. The van der Waals surface area contributed by atoms with E-state index in [1.165, 1.54) is 0 Å². The predicted octanol–water partition coefficient (Wildman–Crippen LogP) is 2.41. The second-order valence-electron chi connectivity index (χ2n) is 4.98. The van der Waals surface area contributed by atoms with Crippen molar-refractivity contribution in [1.82, 2.24) is 5.32 Å². The number of amides is 2. The molecule has 114 valence electrons. The summed E-state index contributed by atoms with van der Waals surface area (Å²) in [6.07, 6.45) is 0. The molecule has 5 heteroatoms. The molecule has 0 aliphatic rings. The summed E-state index contributed by atoms with van der Waals surface area (Å²) in [6.45, 7) is 2.20. The Hall–Kier alpha value is -2.66. The van der Waals surface area contributed by atoms with Crippen LogP contribution in [0.25, 0.3) is 0 Å². The second-order valence-corrected chi connectivity index (χ2v) is 4.98. The highest BCUT2D eigenvalue weighted by Gasteiger charge is 2.06. The molecule has 0 aliphatic carbocycles. The van der Waals surface area contributed by atoms with Crippen LogP contribution in [0.3, 0.4) is 0 Å². The van der Waals surface area contributed by atoms with Crippen LogP contribution in [0.4, 0.5) is 11.4 Å². The topological polar surface area (TPSA) is 70.2 Å². The molecule has 0 atom stereocenters. The lowest BCUT2D eigenvalue weighted by Crippen LogP contribution is -2.25. The minimum atomic E-state index is -0.157. The largest absolute Gasteiger partial charge is 0.325 e. The first kappa shape index (κ1) is 15.7. The number of benzene rings is 2. The maximum atomic E-state index is 12.1.